The van der Waals surface area contributed by atoms with E-state index in [1.165, 1.54) is 5.56 Å². The SMILES string of the molecule is CN(C)Cc1ccccc1C=CC(=O)c1cccc(Nc2ccncc2)c1. The van der Waals surface area contributed by atoms with E-state index in [0.717, 1.165) is 23.5 Å². The van der Waals surface area contributed by atoms with E-state index >= 15 is 0 Å². The summed E-state index contributed by atoms with van der Waals surface area (Å²) in [5.74, 6) is -0.0203. The van der Waals surface area contributed by atoms with Gasteiger partial charge in [0.15, 0.2) is 5.78 Å². The summed E-state index contributed by atoms with van der Waals surface area (Å²) in [6.45, 7) is 0.833. The van der Waals surface area contributed by atoms with Gasteiger partial charge >= 0.3 is 0 Å². The number of allylic oxidation sites excluding steroid dienone is 1. The molecule has 3 rings (SSSR count). The fraction of sp³-hybridized carbons (Fsp3) is 0.130. The molecule has 27 heavy (non-hydrogen) atoms. The highest BCUT2D eigenvalue weighted by molar-refractivity contribution is 6.07. The second-order valence-electron chi connectivity index (χ2n) is 6.58. The summed E-state index contributed by atoms with van der Waals surface area (Å²) >= 11 is 0. The Bertz CT molecular complexity index is 933. The van der Waals surface area contributed by atoms with Crippen LogP contribution < -0.4 is 5.32 Å². The zero-order valence-corrected chi connectivity index (χ0v) is 15.6. The van der Waals surface area contributed by atoms with Gasteiger partial charge in [-0.05, 0) is 55.6 Å². The van der Waals surface area contributed by atoms with Crippen molar-refractivity contribution < 1.29 is 4.79 Å². The highest BCUT2D eigenvalue weighted by Crippen LogP contribution is 2.18. The van der Waals surface area contributed by atoms with Crippen molar-refractivity contribution in [3.05, 3.63) is 95.8 Å². The predicted molar refractivity (Wildman–Crippen MR) is 111 cm³/mol. The summed E-state index contributed by atoms with van der Waals surface area (Å²) in [4.78, 5) is 18.7. The smallest absolute Gasteiger partial charge is 0.185 e. The van der Waals surface area contributed by atoms with Crippen LogP contribution in [0.3, 0.4) is 0 Å². The standard InChI is InChI=1S/C23H23N3O/c1-26(2)17-20-7-4-3-6-18(20)10-11-23(27)19-8-5-9-22(16-19)25-21-12-14-24-15-13-21/h3-16H,17H2,1-2H3,(H,24,25). The van der Waals surface area contributed by atoms with Crippen LogP contribution in [-0.2, 0) is 6.54 Å². The van der Waals surface area contributed by atoms with E-state index in [1.807, 2.05) is 74.8 Å². The Morgan fingerprint density at radius 3 is 2.56 bits per heavy atom. The molecule has 136 valence electrons. The molecule has 0 bridgehead atoms. The topological polar surface area (TPSA) is 45.2 Å². The van der Waals surface area contributed by atoms with E-state index in [1.54, 1.807) is 18.5 Å². The largest absolute Gasteiger partial charge is 0.355 e. The molecule has 3 aromatic rings. The van der Waals surface area contributed by atoms with Crippen molar-refractivity contribution >= 4 is 23.2 Å². The van der Waals surface area contributed by atoms with Crippen molar-refractivity contribution in [1.82, 2.24) is 9.88 Å². The van der Waals surface area contributed by atoms with Gasteiger partial charge in [-0.3, -0.25) is 9.78 Å². The van der Waals surface area contributed by atoms with Crippen LogP contribution in [0.4, 0.5) is 11.4 Å². The minimum atomic E-state index is -0.0203. The Labute approximate surface area is 160 Å². The second kappa shape index (κ2) is 8.92. The number of anilines is 2. The van der Waals surface area contributed by atoms with Crippen LogP contribution in [0.25, 0.3) is 6.08 Å². The molecule has 1 heterocycles. The first kappa shape index (κ1) is 18.5. The second-order valence-corrected chi connectivity index (χ2v) is 6.58. The van der Waals surface area contributed by atoms with E-state index in [9.17, 15) is 4.79 Å². The van der Waals surface area contributed by atoms with Gasteiger partial charge in [-0.25, -0.2) is 0 Å². The summed E-state index contributed by atoms with van der Waals surface area (Å²) in [7, 11) is 4.07. The van der Waals surface area contributed by atoms with Crippen LogP contribution in [0.5, 0.6) is 0 Å². The molecule has 0 radical (unpaired) electrons. The molecule has 0 unspecified atom stereocenters. The number of pyridine rings is 1. The number of ketones is 1. The first-order chi connectivity index (χ1) is 13.1. The predicted octanol–water partition coefficient (Wildman–Crippen LogP) is 4.78. The molecule has 0 fully saturated rings. The fourth-order valence-corrected chi connectivity index (χ4v) is 2.80. The lowest BCUT2D eigenvalue weighted by Crippen LogP contribution is -2.11. The molecule has 1 N–H and O–H groups in total. The normalized spacial score (nSPS) is 11.1. The van der Waals surface area contributed by atoms with Crippen LogP contribution in [0.1, 0.15) is 21.5 Å². The van der Waals surface area contributed by atoms with Gasteiger partial charge in [0.25, 0.3) is 0 Å². The van der Waals surface area contributed by atoms with Gasteiger partial charge < -0.3 is 10.2 Å². The summed E-state index contributed by atoms with van der Waals surface area (Å²) in [6.07, 6.45) is 6.99. The summed E-state index contributed by atoms with van der Waals surface area (Å²) in [5, 5.41) is 3.28. The molecule has 2 aromatic carbocycles. The van der Waals surface area contributed by atoms with Crippen LogP contribution in [0, 0.1) is 0 Å². The maximum atomic E-state index is 12.6. The van der Waals surface area contributed by atoms with Crippen molar-refractivity contribution in [3.8, 4) is 0 Å². The molecule has 4 heteroatoms. The van der Waals surface area contributed by atoms with Crippen LogP contribution in [0.15, 0.2) is 79.1 Å². The van der Waals surface area contributed by atoms with Gasteiger partial charge in [0.2, 0.25) is 0 Å². The van der Waals surface area contributed by atoms with Crippen LogP contribution in [-0.4, -0.2) is 29.8 Å². The van der Waals surface area contributed by atoms with E-state index in [2.05, 4.69) is 21.3 Å². The molecule has 0 aliphatic rings. The minimum absolute atomic E-state index is 0.0203. The number of hydrogen-bond donors (Lipinski definition) is 1. The molecule has 0 saturated heterocycles. The van der Waals surface area contributed by atoms with Gasteiger partial charge in [-0.1, -0.05) is 42.5 Å². The Morgan fingerprint density at radius 1 is 1.00 bits per heavy atom. The van der Waals surface area contributed by atoms with Crippen molar-refractivity contribution in [2.24, 2.45) is 0 Å². The van der Waals surface area contributed by atoms with Gasteiger partial charge in [0.1, 0.15) is 0 Å². The average molecular weight is 357 g/mol. The third kappa shape index (κ3) is 5.36. The molecule has 0 atom stereocenters. The third-order valence-electron chi connectivity index (χ3n) is 4.07. The van der Waals surface area contributed by atoms with Crippen molar-refractivity contribution in [2.75, 3.05) is 19.4 Å². The van der Waals surface area contributed by atoms with Crippen LogP contribution in [0.2, 0.25) is 0 Å². The average Bonchev–Trinajstić information content (AvgIpc) is 2.68. The molecule has 0 amide bonds. The molecular weight excluding hydrogens is 334 g/mol. The minimum Gasteiger partial charge on any atom is -0.355 e. The first-order valence-corrected chi connectivity index (χ1v) is 8.84. The molecule has 0 aliphatic heterocycles. The number of aromatic nitrogens is 1. The lowest BCUT2D eigenvalue weighted by molar-refractivity contribution is 0.104. The monoisotopic (exact) mass is 357 g/mol. The lowest BCUT2D eigenvalue weighted by atomic mass is 10.0. The van der Waals surface area contributed by atoms with E-state index in [4.69, 9.17) is 0 Å². The quantitative estimate of drug-likeness (QED) is 0.488. The number of hydrogen-bond acceptors (Lipinski definition) is 4. The molecule has 0 aliphatic carbocycles. The van der Waals surface area contributed by atoms with Crippen molar-refractivity contribution in [3.63, 3.8) is 0 Å². The van der Waals surface area contributed by atoms with Gasteiger partial charge in [0.05, 0.1) is 0 Å². The molecular formula is C23H23N3O. The third-order valence-corrected chi connectivity index (χ3v) is 4.07. The summed E-state index contributed by atoms with van der Waals surface area (Å²) in [6, 6.07) is 19.4. The number of nitrogens with zero attached hydrogens (tertiary/aromatic N) is 2. The van der Waals surface area contributed by atoms with Crippen LogP contribution >= 0.6 is 0 Å². The first-order valence-electron chi connectivity index (χ1n) is 8.84. The van der Waals surface area contributed by atoms with Gasteiger partial charge in [-0.2, -0.15) is 0 Å². The number of carbonyl (C=O) groups is 1. The van der Waals surface area contributed by atoms with Crippen molar-refractivity contribution in [2.45, 2.75) is 6.54 Å². The molecule has 0 saturated carbocycles. The van der Waals surface area contributed by atoms with Crippen molar-refractivity contribution in [1.29, 1.82) is 0 Å². The number of rotatable bonds is 7. The zero-order valence-electron chi connectivity index (χ0n) is 15.6. The Hall–Kier alpha value is -3.24. The zero-order chi connectivity index (χ0) is 19.1. The summed E-state index contributed by atoms with van der Waals surface area (Å²) in [5.41, 5.74) is 4.71. The molecule has 1 aromatic heterocycles. The highest BCUT2D eigenvalue weighted by Gasteiger charge is 2.05. The van der Waals surface area contributed by atoms with Gasteiger partial charge in [0, 0.05) is 35.9 Å². The Kier molecular flexibility index (Phi) is 6.13. The molecule has 4 nitrogen and oxygen atoms in total. The van der Waals surface area contributed by atoms with Gasteiger partial charge in [-0.15, -0.1) is 0 Å². The number of benzene rings is 2. The Morgan fingerprint density at radius 2 is 1.78 bits per heavy atom. The van der Waals surface area contributed by atoms with E-state index in [-0.39, 0.29) is 5.78 Å². The van der Waals surface area contributed by atoms with E-state index < -0.39 is 0 Å². The maximum absolute atomic E-state index is 12.6. The highest BCUT2D eigenvalue weighted by atomic mass is 16.1. The molecule has 0 spiro atoms. The van der Waals surface area contributed by atoms with E-state index in [0.29, 0.717) is 5.56 Å². The Balaban J connectivity index is 1.75. The lowest BCUT2D eigenvalue weighted by Gasteiger charge is -2.12. The fourth-order valence-electron chi connectivity index (χ4n) is 2.80. The summed E-state index contributed by atoms with van der Waals surface area (Å²) < 4.78 is 0. The maximum Gasteiger partial charge on any atom is 0.185 e. The number of carbonyl (C=O) groups excluding carboxylic acids is 1. The number of nitrogens with one attached hydrogen (secondary N) is 1.